The molecule has 1 amide bonds. The van der Waals surface area contributed by atoms with Crippen LogP contribution in [0.1, 0.15) is 51.3 Å². The molecule has 0 aliphatic carbocycles. The van der Waals surface area contributed by atoms with Gasteiger partial charge in [-0.25, -0.2) is 0 Å². The van der Waals surface area contributed by atoms with E-state index in [1.807, 2.05) is 19.9 Å². The number of likely N-dealkylation sites (N-methyl/N-ethyl adjacent to an activating group) is 1. The van der Waals surface area contributed by atoms with Gasteiger partial charge in [0.25, 0.3) is 6.47 Å². The zero-order valence-corrected chi connectivity index (χ0v) is 29.8. The minimum absolute atomic E-state index is 0.0505. The summed E-state index contributed by atoms with van der Waals surface area (Å²) < 4.78 is 13.1. The van der Waals surface area contributed by atoms with Gasteiger partial charge in [-0.15, -0.1) is 0 Å². The van der Waals surface area contributed by atoms with Gasteiger partial charge in [-0.2, -0.15) is 0 Å². The number of phenols is 1. The molecule has 9 nitrogen and oxygen atoms in total. The molecule has 0 spiro atoms. The third-order valence-electron chi connectivity index (χ3n) is 9.05. The molecule has 262 valence electrons. The van der Waals surface area contributed by atoms with Crippen LogP contribution in [-0.2, 0) is 49.7 Å². The van der Waals surface area contributed by atoms with E-state index in [9.17, 15) is 19.5 Å². The molecule has 0 aliphatic heterocycles. The number of aryl methyl sites for hydroxylation is 1. The Morgan fingerprint density at radius 1 is 1.04 bits per heavy atom. The molecule has 9 heteroatoms. The first-order valence-electron chi connectivity index (χ1n) is 17.0. The number of aromatic hydroxyl groups is 1. The minimum atomic E-state index is -0.749. The number of aldehydes is 1. The highest BCUT2D eigenvalue weighted by Crippen LogP contribution is 2.41. The molecule has 0 saturated heterocycles. The molecule has 49 heavy (non-hydrogen) atoms. The standard InChI is InChI=1S/C40H51N3O6/c1-8-43-36-14-13-29(30-17-27(19-32(46)20-30)18-31(23-44)42-39(47)37(41-6)26(2)3)21-34(36)35(22-40(4,5)24-49-25-45)38(43)33-12-10-9-11-28(33)15-16-48-7/h9-14,17,19-21,23,25-26,31,37,41,46H,8,15-16,18,22,24H2,1-7H3,(H,42,47). The Hall–Kier alpha value is -4.47. The summed E-state index contributed by atoms with van der Waals surface area (Å²) in [7, 11) is 3.43. The summed E-state index contributed by atoms with van der Waals surface area (Å²) in [6, 6.07) is 18.9. The van der Waals surface area contributed by atoms with Gasteiger partial charge in [-0.3, -0.25) is 9.59 Å². The van der Waals surface area contributed by atoms with Crippen molar-refractivity contribution >= 4 is 29.6 Å². The van der Waals surface area contributed by atoms with Gasteiger partial charge in [-0.1, -0.05) is 64.1 Å². The second kappa shape index (κ2) is 16.8. The maximum absolute atomic E-state index is 12.9. The van der Waals surface area contributed by atoms with Crippen molar-refractivity contribution in [2.45, 2.75) is 72.5 Å². The molecule has 3 N–H and O–H groups in total. The molecule has 0 bridgehead atoms. The lowest BCUT2D eigenvalue weighted by Crippen LogP contribution is -2.50. The molecule has 1 heterocycles. The van der Waals surface area contributed by atoms with E-state index in [1.165, 1.54) is 5.56 Å². The molecule has 0 saturated carbocycles. The number of fused-ring (bicyclic) bond motifs is 1. The number of amides is 1. The van der Waals surface area contributed by atoms with Crippen molar-refractivity contribution in [3.63, 3.8) is 0 Å². The number of hydrogen-bond donors (Lipinski definition) is 3. The van der Waals surface area contributed by atoms with Crippen LogP contribution in [0.15, 0.2) is 60.7 Å². The van der Waals surface area contributed by atoms with Crippen LogP contribution in [0.2, 0.25) is 0 Å². The number of methoxy groups -OCH3 is 1. The van der Waals surface area contributed by atoms with E-state index in [-0.39, 0.29) is 36.0 Å². The fraction of sp³-hybridized carbons (Fsp3) is 0.425. The highest BCUT2D eigenvalue weighted by atomic mass is 16.5. The van der Waals surface area contributed by atoms with Crippen LogP contribution in [0.4, 0.5) is 0 Å². The van der Waals surface area contributed by atoms with Crippen molar-refractivity contribution in [3.8, 4) is 28.1 Å². The lowest BCUT2D eigenvalue weighted by molar-refractivity contribution is -0.131. The van der Waals surface area contributed by atoms with E-state index in [1.54, 1.807) is 26.3 Å². The molecule has 1 aromatic heterocycles. The second-order valence-corrected chi connectivity index (χ2v) is 13.8. The predicted molar refractivity (Wildman–Crippen MR) is 195 cm³/mol. The molecular weight excluding hydrogens is 618 g/mol. The Kier molecular flexibility index (Phi) is 12.8. The molecule has 2 unspecified atom stereocenters. The molecule has 3 aromatic carbocycles. The summed E-state index contributed by atoms with van der Waals surface area (Å²) in [4.78, 5) is 36.1. The van der Waals surface area contributed by atoms with Crippen molar-refractivity contribution in [1.29, 1.82) is 0 Å². The smallest absolute Gasteiger partial charge is 0.293 e. The summed E-state index contributed by atoms with van der Waals surface area (Å²) in [6.45, 7) is 12.3. The first-order chi connectivity index (χ1) is 23.5. The van der Waals surface area contributed by atoms with Crippen molar-refractivity contribution in [3.05, 3.63) is 77.4 Å². The van der Waals surface area contributed by atoms with E-state index in [2.05, 4.69) is 78.4 Å². The number of nitrogens with one attached hydrogen (secondary N) is 2. The lowest BCUT2D eigenvalue weighted by Gasteiger charge is -2.24. The Labute approximate surface area is 290 Å². The van der Waals surface area contributed by atoms with Gasteiger partial charge < -0.3 is 34.6 Å². The lowest BCUT2D eigenvalue weighted by atomic mass is 9.83. The van der Waals surface area contributed by atoms with Crippen molar-refractivity contribution in [2.75, 3.05) is 27.4 Å². The van der Waals surface area contributed by atoms with Crippen molar-refractivity contribution in [1.82, 2.24) is 15.2 Å². The van der Waals surface area contributed by atoms with Gasteiger partial charge >= 0.3 is 0 Å². The SMILES string of the molecule is CCn1c(-c2ccccc2CCOC)c(CC(C)(C)COC=O)c2cc(-c3cc(O)cc(CC(C=O)NC(=O)C(NC)C(C)C)c3)ccc21. The normalized spacial score (nSPS) is 13.0. The van der Waals surface area contributed by atoms with Crippen LogP contribution < -0.4 is 10.6 Å². The van der Waals surface area contributed by atoms with Crippen LogP contribution in [0.3, 0.4) is 0 Å². The average Bonchev–Trinajstić information content (AvgIpc) is 3.37. The average molecular weight is 670 g/mol. The van der Waals surface area contributed by atoms with E-state index < -0.39 is 12.1 Å². The molecule has 4 aromatic rings. The number of phenolic OH excluding ortho intramolecular Hbond substituents is 1. The van der Waals surface area contributed by atoms with E-state index in [0.29, 0.717) is 19.5 Å². The van der Waals surface area contributed by atoms with Crippen molar-refractivity contribution in [2.24, 2.45) is 11.3 Å². The molecule has 0 fully saturated rings. The number of rotatable bonds is 18. The third-order valence-corrected chi connectivity index (χ3v) is 9.05. The summed E-state index contributed by atoms with van der Waals surface area (Å²) in [5.41, 5.74) is 7.76. The Bertz CT molecular complexity index is 1760. The number of carbonyl (C=O) groups is 3. The maximum atomic E-state index is 12.9. The van der Waals surface area contributed by atoms with Crippen LogP contribution in [0.5, 0.6) is 5.75 Å². The highest BCUT2D eigenvalue weighted by Gasteiger charge is 2.28. The number of ether oxygens (including phenoxy) is 2. The summed E-state index contributed by atoms with van der Waals surface area (Å²) in [6.07, 6.45) is 2.39. The summed E-state index contributed by atoms with van der Waals surface area (Å²) in [5.74, 6) is -0.117. The van der Waals surface area contributed by atoms with Gasteiger partial charge in [0.1, 0.15) is 12.0 Å². The fourth-order valence-corrected chi connectivity index (χ4v) is 6.77. The highest BCUT2D eigenvalue weighted by molar-refractivity contribution is 5.95. The van der Waals surface area contributed by atoms with E-state index >= 15 is 0 Å². The summed E-state index contributed by atoms with van der Waals surface area (Å²) in [5, 5.41) is 17.8. The zero-order valence-electron chi connectivity index (χ0n) is 29.8. The largest absolute Gasteiger partial charge is 0.508 e. The van der Waals surface area contributed by atoms with Crippen LogP contribution >= 0.6 is 0 Å². The Balaban J connectivity index is 1.83. The minimum Gasteiger partial charge on any atom is -0.508 e. The number of nitrogens with zero attached hydrogens (tertiary/aromatic N) is 1. The number of hydrogen-bond acceptors (Lipinski definition) is 7. The van der Waals surface area contributed by atoms with Crippen LogP contribution in [0, 0.1) is 11.3 Å². The molecule has 2 atom stereocenters. The fourth-order valence-electron chi connectivity index (χ4n) is 6.77. The number of benzene rings is 3. The topological polar surface area (TPSA) is 119 Å². The first-order valence-corrected chi connectivity index (χ1v) is 17.0. The van der Waals surface area contributed by atoms with Crippen LogP contribution in [-0.4, -0.2) is 67.8 Å². The quantitative estimate of drug-likeness (QED) is 0.110. The van der Waals surface area contributed by atoms with Crippen molar-refractivity contribution < 1.29 is 29.0 Å². The van der Waals surface area contributed by atoms with Gasteiger partial charge in [0.05, 0.1) is 31.0 Å². The Morgan fingerprint density at radius 2 is 1.80 bits per heavy atom. The van der Waals surface area contributed by atoms with Gasteiger partial charge in [0.2, 0.25) is 5.91 Å². The predicted octanol–water partition coefficient (Wildman–Crippen LogP) is 6.10. The van der Waals surface area contributed by atoms with Gasteiger partial charge in [0, 0.05) is 35.5 Å². The Morgan fingerprint density at radius 3 is 2.45 bits per heavy atom. The maximum Gasteiger partial charge on any atom is 0.293 e. The van der Waals surface area contributed by atoms with Gasteiger partial charge in [-0.05, 0) is 91.2 Å². The third kappa shape index (κ3) is 8.96. The number of carbonyl (C=O) groups excluding carboxylic acids is 3. The summed E-state index contributed by atoms with van der Waals surface area (Å²) >= 11 is 0. The molecule has 0 radical (unpaired) electrons. The molecule has 0 aliphatic rings. The van der Waals surface area contributed by atoms with Gasteiger partial charge in [0.15, 0.2) is 0 Å². The monoisotopic (exact) mass is 669 g/mol. The number of aromatic nitrogens is 1. The van der Waals surface area contributed by atoms with Crippen LogP contribution in [0.25, 0.3) is 33.3 Å². The molecule has 4 rings (SSSR count). The zero-order chi connectivity index (χ0) is 35.7. The van der Waals surface area contributed by atoms with E-state index in [0.717, 1.165) is 63.7 Å². The first kappa shape index (κ1) is 37.4. The van der Waals surface area contributed by atoms with E-state index in [4.69, 9.17) is 9.47 Å². The molecular formula is C40H51N3O6. The second-order valence-electron chi connectivity index (χ2n) is 13.8.